The molecule has 0 atom stereocenters. The van der Waals surface area contributed by atoms with Crippen LogP contribution in [0.1, 0.15) is 27.0 Å². The topological polar surface area (TPSA) is 58.6 Å². The Kier molecular flexibility index (Phi) is 8.04. The summed E-state index contributed by atoms with van der Waals surface area (Å²) in [5, 5.41) is 2.37. The van der Waals surface area contributed by atoms with Gasteiger partial charge in [0.2, 0.25) is 0 Å². The molecular formula is C25H17Cl3N2O3S2. The van der Waals surface area contributed by atoms with E-state index in [1.807, 2.05) is 25.1 Å². The first-order chi connectivity index (χ1) is 16.7. The van der Waals surface area contributed by atoms with Gasteiger partial charge >= 0.3 is 0 Å². The van der Waals surface area contributed by atoms with Crippen molar-refractivity contribution < 1.29 is 14.3 Å². The van der Waals surface area contributed by atoms with Gasteiger partial charge in [0.15, 0.2) is 4.32 Å². The molecule has 1 saturated heterocycles. The molecule has 1 aliphatic heterocycles. The molecule has 5 nitrogen and oxygen atoms in total. The molecule has 0 aliphatic carbocycles. The number of hydrogen-bond donors (Lipinski definition) is 1. The van der Waals surface area contributed by atoms with Crippen molar-refractivity contribution in [3.8, 4) is 5.75 Å². The maximum Gasteiger partial charge on any atom is 0.285 e. The Bertz CT molecular complexity index is 1380. The number of para-hydroxylation sites is 1. The zero-order valence-corrected chi connectivity index (χ0v) is 22.1. The number of aryl methyl sites for hydroxylation is 1. The number of nitrogens with one attached hydrogen (secondary N) is 1. The molecule has 0 aromatic heterocycles. The van der Waals surface area contributed by atoms with Crippen molar-refractivity contribution >= 4 is 81.0 Å². The first kappa shape index (κ1) is 25.5. The van der Waals surface area contributed by atoms with Crippen molar-refractivity contribution in [1.29, 1.82) is 0 Å². The highest BCUT2D eigenvalue weighted by Crippen LogP contribution is 2.34. The lowest BCUT2D eigenvalue weighted by Gasteiger charge is -2.16. The van der Waals surface area contributed by atoms with Crippen molar-refractivity contribution in [3.63, 3.8) is 0 Å². The summed E-state index contributed by atoms with van der Waals surface area (Å²) in [7, 11) is 0. The molecule has 3 aromatic carbocycles. The van der Waals surface area contributed by atoms with Gasteiger partial charge in [0.1, 0.15) is 12.4 Å². The number of thioether (sulfide) groups is 1. The van der Waals surface area contributed by atoms with Gasteiger partial charge in [-0.05, 0) is 61.1 Å². The fraction of sp³-hybridized carbons (Fsp3) is 0.0800. The molecule has 4 rings (SSSR count). The van der Waals surface area contributed by atoms with Crippen molar-refractivity contribution in [2.24, 2.45) is 0 Å². The number of rotatable bonds is 6. The van der Waals surface area contributed by atoms with Gasteiger partial charge < -0.3 is 4.74 Å². The fourth-order valence-electron chi connectivity index (χ4n) is 3.20. The summed E-state index contributed by atoms with van der Waals surface area (Å²) >= 11 is 24.8. The molecule has 0 bridgehead atoms. The zero-order chi connectivity index (χ0) is 25.1. The maximum atomic E-state index is 13.0. The zero-order valence-electron chi connectivity index (χ0n) is 18.2. The Morgan fingerprint density at radius 2 is 1.86 bits per heavy atom. The lowest BCUT2D eigenvalue weighted by Crippen LogP contribution is -2.44. The van der Waals surface area contributed by atoms with Gasteiger partial charge in [-0.1, -0.05) is 76.9 Å². The Labute approximate surface area is 227 Å². The van der Waals surface area contributed by atoms with Gasteiger partial charge in [-0.2, -0.15) is 5.01 Å². The quantitative estimate of drug-likeness (QED) is 0.256. The van der Waals surface area contributed by atoms with Crippen LogP contribution in [0.25, 0.3) is 6.08 Å². The maximum absolute atomic E-state index is 13.0. The minimum Gasteiger partial charge on any atom is -0.488 e. The third kappa shape index (κ3) is 6.00. The summed E-state index contributed by atoms with van der Waals surface area (Å²) < 4.78 is 6.16. The van der Waals surface area contributed by atoms with Crippen LogP contribution in [0.3, 0.4) is 0 Å². The van der Waals surface area contributed by atoms with Crippen LogP contribution in [0.2, 0.25) is 15.1 Å². The van der Waals surface area contributed by atoms with E-state index in [-0.39, 0.29) is 21.5 Å². The molecule has 10 heteroatoms. The number of halogens is 3. The van der Waals surface area contributed by atoms with Crippen LogP contribution >= 0.6 is 58.8 Å². The molecule has 0 saturated carbocycles. The van der Waals surface area contributed by atoms with E-state index in [0.29, 0.717) is 26.3 Å². The van der Waals surface area contributed by atoms with Crippen LogP contribution < -0.4 is 10.2 Å². The predicted molar refractivity (Wildman–Crippen MR) is 146 cm³/mol. The molecule has 35 heavy (non-hydrogen) atoms. The van der Waals surface area contributed by atoms with Crippen molar-refractivity contribution in [1.82, 2.24) is 10.4 Å². The average molecular weight is 564 g/mol. The first-order valence-corrected chi connectivity index (χ1v) is 12.6. The van der Waals surface area contributed by atoms with E-state index in [1.165, 1.54) is 0 Å². The van der Waals surface area contributed by atoms with E-state index >= 15 is 0 Å². The van der Waals surface area contributed by atoms with E-state index in [9.17, 15) is 9.59 Å². The van der Waals surface area contributed by atoms with Crippen LogP contribution in [0, 0.1) is 6.92 Å². The Morgan fingerprint density at radius 3 is 2.60 bits per heavy atom. The van der Waals surface area contributed by atoms with Gasteiger partial charge in [-0.25, -0.2) is 0 Å². The number of ether oxygens (including phenoxy) is 1. The number of benzene rings is 3. The second-order valence-electron chi connectivity index (χ2n) is 7.50. The molecule has 3 aromatic rings. The van der Waals surface area contributed by atoms with Crippen molar-refractivity contribution in [2.45, 2.75) is 13.5 Å². The minimum absolute atomic E-state index is 0.198. The third-order valence-corrected chi connectivity index (χ3v) is 7.18. The van der Waals surface area contributed by atoms with Crippen LogP contribution in [0.4, 0.5) is 0 Å². The highest BCUT2D eigenvalue weighted by molar-refractivity contribution is 8.26. The Morgan fingerprint density at radius 1 is 1.09 bits per heavy atom. The molecule has 0 radical (unpaired) electrons. The van der Waals surface area contributed by atoms with E-state index in [1.54, 1.807) is 48.5 Å². The normalized spacial score (nSPS) is 14.5. The number of nitrogens with zero attached hydrogens (tertiary/aromatic N) is 1. The van der Waals surface area contributed by atoms with E-state index in [2.05, 4.69) is 5.43 Å². The van der Waals surface area contributed by atoms with Gasteiger partial charge in [-0.15, -0.1) is 0 Å². The van der Waals surface area contributed by atoms with Crippen LogP contribution in [-0.2, 0) is 11.4 Å². The van der Waals surface area contributed by atoms with E-state index in [0.717, 1.165) is 27.9 Å². The summed E-state index contributed by atoms with van der Waals surface area (Å²) in [6.45, 7) is 2.08. The standard InChI is InChI=1S/C25H17Cl3N2O3S2/c1-14-6-9-18(20(28)10-14)23(31)29-30-24(32)22(35-25(30)34)11-15-4-2-3-5-21(15)33-13-16-7-8-17(26)12-19(16)27/h2-12H,13H2,1H3,(H,29,31)/b22-11+. The number of thiocarbonyl (C=S) groups is 1. The van der Waals surface area contributed by atoms with Crippen LogP contribution in [0.5, 0.6) is 5.75 Å². The van der Waals surface area contributed by atoms with Crippen LogP contribution in [-0.4, -0.2) is 21.1 Å². The predicted octanol–water partition coefficient (Wildman–Crippen LogP) is 7.08. The third-order valence-electron chi connectivity index (χ3n) is 4.98. The average Bonchev–Trinajstić information content (AvgIpc) is 3.06. The second kappa shape index (κ2) is 11.0. The van der Waals surface area contributed by atoms with E-state index in [4.69, 9.17) is 51.8 Å². The monoisotopic (exact) mass is 562 g/mol. The molecule has 1 N–H and O–H groups in total. The molecule has 2 amide bonds. The highest BCUT2D eigenvalue weighted by Gasteiger charge is 2.34. The second-order valence-corrected chi connectivity index (χ2v) is 10.4. The van der Waals surface area contributed by atoms with Crippen LogP contribution in [0.15, 0.2) is 65.6 Å². The number of carbonyl (C=O) groups excluding carboxylic acids is 2. The first-order valence-electron chi connectivity index (χ1n) is 10.2. The largest absolute Gasteiger partial charge is 0.488 e. The van der Waals surface area contributed by atoms with Gasteiger partial charge in [-0.3, -0.25) is 15.0 Å². The smallest absolute Gasteiger partial charge is 0.285 e. The number of hydrazine groups is 1. The van der Waals surface area contributed by atoms with Gasteiger partial charge in [0.05, 0.1) is 15.5 Å². The molecule has 1 aliphatic rings. The Hall–Kier alpha value is -2.55. The van der Waals surface area contributed by atoms with E-state index < -0.39 is 11.8 Å². The van der Waals surface area contributed by atoms with Gasteiger partial charge in [0, 0.05) is 21.2 Å². The van der Waals surface area contributed by atoms with Gasteiger partial charge in [0.25, 0.3) is 11.8 Å². The number of amides is 2. The Balaban J connectivity index is 1.51. The number of carbonyl (C=O) groups is 2. The molecular weight excluding hydrogens is 547 g/mol. The molecule has 178 valence electrons. The lowest BCUT2D eigenvalue weighted by atomic mass is 10.1. The lowest BCUT2D eigenvalue weighted by molar-refractivity contribution is -0.123. The minimum atomic E-state index is -0.531. The summed E-state index contributed by atoms with van der Waals surface area (Å²) in [6, 6.07) is 17.5. The summed E-state index contributed by atoms with van der Waals surface area (Å²) in [6.07, 6.45) is 1.67. The number of hydrogen-bond acceptors (Lipinski definition) is 5. The fourth-order valence-corrected chi connectivity index (χ4v) is 5.15. The molecule has 1 fully saturated rings. The molecule has 0 spiro atoms. The molecule has 0 unspecified atom stereocenters. The summed E-state index contributed by atoms with van der Waals surface area (Å²) in [5.74, 6) is -0.428. The highest BCUT2D eigenvalue weighted by atomic mass is 35.5. The SMILES string of the molecule is Cc1ccc(C(=O)NN2C(=O)/C(=C\c3ccccc3OCc3ccc(Cl)cc3Cl)SC2=S)c(Cl)c1. The summed E-state index contributed by atoms with van der Waals surface area (Å²) in [5.41, 5.74) is 5.15. The summed E-state index contributed by atoms with van der Waals surface area (Å²) in [4.78, 5) is 26.1. The van der Waals surface area contributed by atoms with Crippen molar-refractivity contribution in [3.05, 3.63) is 103 Å². The van der Waals surface area contributed by atoms with Crippen molar-refractivity contribution in [2.75, 3.05) is 0 Å². The molecule has 1 heterocycles.